The monoisotopic (exact) mass is 431 g/mol. The number of rotatable bonds is 10. The lowest BCUT2D eigenvalue weighted by Gasteiger charge is -2.24. The highest BCUT2D eigenvalue weighted by Gasteiger charge is 2.22. The Morgan fingerprint density at radius 3 is 2.34 bits per heavy atom. The minimum atomic E-state index is -0.725. The van der Waals surface area contributed by atoms with Crippen LogP contribution in [0.2, 0.25) is 0 Å². The highest BCUT2D eigenvalue weighted by atomic mass is 16.5. The van der Waals surface area contributed by atoms with Crippen LogP contribution in [0.5, 0.6) is 5.75 Å². The lowest BCUT2D eigenvalue weighted by molar-refractivity contribution is 0.0425. The van der Waals surface area contributed by atoms with Gasteiger partial charge >= 0.3 is 0 Å². The van der Waals surface area contributed by atoms with E-state index < -0.39 is 12.2 Å². The van der Waals surface area contributed by atoms with Gasteiger partial charge in [0.15, 0.2) is 5.78 Å². The first-order chi connectivity index (χ1) is 15.5. The van der Waals surface area contributed by atoms with Gasteiger partial charge in [-0.3, -0.25) is 15.5 Å². The number of hydrogen-bond donors (Lipinski definition) is 3. The molecule has 166 valence electrons. The molecule has 5 nitrogen and oxygen atoms in total. The van der Waals surface area contributed by atoms with Gasteiger partial charge < -0.3 is 9.84 Å². The number of allylic oxidation sites excluding steroid dienone is 1. The number of carbonyl (C=O) groups excluding carboxylic acids is 1. The molecule has 5 heteroatoms. The molecule has 32 heavy (non-hydrogen) atoms. The van der Waals surface area contributed by atoms with Crippen molar-refractivity contribution in [3.63, 3.8) is 0 Å². The van der Waals surface area contributed by atoms with Crippen molar-refractivity contribution in [1.29, 1.82) is 0 Å². The van der Waals surface area contributed by atoms with Crippen molar-refractivity contribution in [1.82, 2.24) is 0 Å². The zero-order chi connectivity index (χ0) is 22.9. The molecular weight excluding hydrogens is 402 g/mol. The zero-order valence-corrected chi connectivity index (χ0v) is 18.4. The molecule has 0 amide bonds. The Bertz CT molecular complexity index is 1050. The molecule has 3 aromatic rings. The van der Waals surface area contributed by atoms with Crippen LogP contribution in [-0.4, -0.2) is 28.3 Å². The molecule has 2 atom stereocenters. The van der Waals surface area contributed by atoms with Gasteiger partial charge in [-0.15, -0.1) is 0 Å². The van der Waals surface area contributed by atoms with Crippen LogP contribution in [0.3, 0.4) is 0 Å². The molecule has 0 aliphatic carbocycles. The van der Waals surface area contributed by atoms with E-state index in [0.717, 1.165) is 17.5 Å². The first-order valence-electron chi connectivity index (χ1n) is 10.7. The van der Waals surface area contributed by atoms with E-state index >= 15 is 0 Å². The number of nitrogens with one attached hydrogen (secondary N) is 1. The van der Waals surface area contributed by atoms with Gasteiger partial charge in [0.25, 0.3) is 0 Å². The molecular formula is C27H29NO4. The Balaban J connectivity index is 1.86. The van der Waals surface area contributed by atoms with Crippen LogP contribution in [0.1, 0.15) is 40.4 Å². The fourth-order valence-corrected chi connectivity index (χ4v) is 3.51. The molecule has 0 saturated carbocycles. The van der Waals surface area contributed by atoms with Gasteiger partial charge in [-0.05, 0) is 61.6 Å². The number of anilines is 1. The molecule has 0 aliphatic heterocycles. The Morgan fingerprint density at radius 1 is 1.06 bits per heavy atom. The van der Waals surface area contributed by atoms with Crippen molar-refractivity contribution in [3.8, 4) is 5.75 Å². The van der Waals surface area contributed by atoms with Gasteiger partial charge in [0.1, 0.15) is 11.9 Å². The van der Waals surface area contributed by atoms with Gasteiger partial charge in [0.2, 0.25) is 0 Å². The molecule has 3 N–H and O–H groups in total. The molecule has 3 rings (SSSR count). The van der Waals surface area contributed by atoms with Crippen molar-refractivity contribution in [2.45, 2.75) is 38.9 Å². The Morgan fingerprint density at radius 2 is 1.72 bits per heavy atom. The summed E-state index contributed by atoms with van der Waals surface area (Å²) in [7, 11) is 0. The van der Waals surface area contributed by atoms with E-state index in [2.05, 4.69) is 5.48 Å². The average Bonchev–Trinajstić information content (AvgIpc) is 2.81. The van der Waals surface area contributed by atoms with Crippen LogP contribution < -0.4 is 10.2 Å². The number of ketones is 1. The van der Waals surface area contributed by atoms with Crippen LogP contribution >= 0.6 is 0 Å². The SMILES string of the molecule is Cc1cc(NO)cc(C(=O)/C=C/c2ccccc2)c1OC(CCc1ccccc1)C(C)O. The first-order valence-corrected chi connectivity index (χ1v) is 10.7. The standard InChI is InChI=1S/C27H29NO4/c1-19-17-23(28-31)18-24(25(30)15-13-21-9-5-3-6-10-21)27(19)32-26(20(2)29)16-14-22-11-7-4-8-12-22/h3-13,15,17-18,20,26,28-29,31H,14,16H2,1-2H3/b15-13+. The molecule has 0 radical (unpaired) electrons. The van der Waals surface area contributed by atoms with Crippen LogP contribution in [0.15, 0.2) is 78.9 Å². The van der Waals surface area contributed by atoms with E-state index in [-0.39, 0.29) is 5.78 Å². The summed E-state index contributed by atoms with van der Waals surface area (Å²) in [6, 6.07) is 22.8. The molecule has 3 aromatic carbocycles. The molecule has 0 heterocycles. The third kappa shape index (κ3) is 6.30. The smallest absolute Gasteiger partial charge is 0.189 e. The lowest BCUT2D eigenvalue weighted by Crippen LogP contribution is -2.30. The second-order valence-corrected chi connectivity index (χ2v) is 7.81. The lowest BCUT2D eigenvalue weighted by atomic mass is 10.0. The van der Waals surface area contributed by atoms with Gasteiger partial charge in [0.05, 0.1) is 17.4 Å². The highest BCUT2D eigenvalue weighted by molar-refractivity contribution is 6.09. The predicted octanol–water partition coefficient (Wildman–Crippen LogP) is 5.45. The van der Waals surface area contributed by atoms with Crippen LogP contribution in [0.4, 0.5) is 5.69 Å². The number of carbonyl (C=O) groups is 1. The summed E-state index contributed by atoms with van der Waals surface area (Å²) in [6.45, 7) is 3.50. The number of aliphatic hydroxyl groups is 1. The largest absolute Gasteiger partial charge is 0.487 e. The van der Waals surface area contributed by atoms with Crippen molar-refractivity contribution < 1.29 is 19.8 Å². The van der Waals surface area contributed by atoms with Crippen LogP contribution in [-0.2, 0) is 6.42 Å². The minimum Gasteiger partial charge on any atom is -0.487 e. The minimum absolute atomic E-state index is 0.253. The molecule has 0 spiro atoms. The summed E-state index contributed by atoms with van der Waals surface area (Å²) in [6.07, 6.45) is 3.34. The molecule has 0 saturated heterocycles. The van der Waals surface area contributed by atoms with E-state index in [9.17, 15) is 15.1 Å². The number of benzene rings is 3. The van der Waals surface area contributed by atoms with Gasteiger partial charge in [-0.1, -0.05) is 66.7 Å². The summed E-state index contributed by atoms with van der Waals surface area (Å²) in [5.41, 5.74) is 5.56. The summed E-state index contributed by atoms with van der Waals surface area (Å²) in [5.74, 6) is 0.155. The van der Waals surface area contributed by atoms with Crippen LogP contribution in [0.25, 0.3) is 6.08 Å². The summed E-state index contributed by atoms with van der Waals surface area (Å²) >= 11 is 0. The third-order valence-electron chi connectivity index (χ3n) is 5.26. The van der Waals surface area contributed by atoms with Gasteiger partial charge in [-0.2, -0.15) is 0 Å². The molecule has 2 unspecified atom stereocenters. The van der Waals surface area contributed by atoms with Crippen molar-refractivity contribution in [2.24, 2.45) is 0 Å². The number of hydrogen-bond acceptors (Lipinski definition) is 5. The first kappa shape index (κ1) is 23.3. The fraction of sp³-hybridized carbons (Fsp3) is 0.222. The van der Waals surface area contributed by atoms with Gasteiger partial charge in [-0.25, -0.2) is 0 Å². The van der Waals surface area contributed by atoms with E-state index in [1.807, 2.05) is 67.6 Å². The maximum Gasteiger partial charge on any atom is 0.189 e. The fourth-order valence-electron chi connectivity index (χ4n) is 3.51. The van der Waals surface area contributed by atoms with E-state index in [4.69, 9.17) is 4.74 Å². The maximum atomic E-state index is 13.1. The molecule has 0 aromatic heterocycles. The number of aliphatic hydroxyl groups excluding tert-OH is 1. The van der Waals surface area contributed by atoms with E-state index in [1.54, 1.807) is 25.1 Å². The normalized spacial score (nSPS) is 13.0. The summed E-state index contributed by atoms with van der Waals surface area (Å²) < 4.78 is 6.22. The Hall–Kier alpha value is -3.41. The quantitative estimate of drug-likeness (QED) is 0.226. The Labute approximate surface area is 189 Å². The average molecular weight is 432 g/mol. The van der Waals surface area contributed by atoms with E-state index in [1.165, 1.54) is 6.08 Å². The molecule has 0 aliphatic rings. The van der Waals surface area contributed by atoms with E-state index in [0.29, 0.717) is 29.0 Å². The second kappa shape index (κ2) is 11.3. The predicted molar refractivity (Wildman–Crippen MR) is 127 cm³/mol. The Kier molecular flexibility index (Phi) is 8.20. The molecule has 0 bridgehead atoms. The number of ether oxygens (including phenoxy) is 1. The van der Waals surface area contributed by atoms with Crippen molar-refractivity contribution >= 4 is 17.5 Å². The second-order valence-electron chi connectivity index (χ2n) is 7.81. The van der Waals surface area contributed by atoms with Crippen molar-refractivity contribution in [2.75, 3.05) is 5.48 Å². The summed E-state index contributed by atoms with van der Waals surface area (Å²) in [4.78, 5) is 13.1. The molecule has 0 fully saturated rings. The topological polar surface area (TPSA) is 78.8 Å². The third-order valence-corrected chi connectivity index (χ3v) is 5.26. The zero-order valence-electron chi connectivity index (χ0n) is 18.4. The highest BCUT2D eigenvalue weighted by Crippen LogP contribution is 2.31. The van der Waals surface area contributed by atoms with Crippen molar-refractivity contribution in [3.05, 3.63) is 101 Å². The summed E-state index contributed by atoms with van der Waals surface area (Å²) in [5, 5.41) is 19.7. The maximum absolute atomic E-state index is 13.1. The van der Waals surface area contributed by atoms with Gasteiger partial charge in [0, 0.05) is 0 Å². The number of aryl methyl sites for hydroxylation is 2. The van der Waals surface area contributed by atoms with Crippen LogP contribution in [0, 0.1) is 6.92 Å².